The normalized spacial score (nSPS) is 18.0. The van der Waals surface area contributed by atoms with E-state index in [0.717, 1.165) is 12.1 Å². The number of alkyl halides is 5. The van der Waals surface area contributed by atoms with Crippen LogP contribution in [-0.2, 0) is 20.8 Å². The van der Waals surface area contributed by atoms with Crippen LogP contribution in [0.15, 0.2) is 71.8 Å². The minimum atomic E-state index is -4.50. The number of halogens is 5. The molecule has 1 aliphatic heterocycles. The topological polar surface area (TPSA) is 118 Å². The van der Waals surface area contributed by atoms with Gasteiger partial charge in [0.25, 0.3) is 5.91 Å². The summed E-state index contributed by atoms with van der Waals surface area (Å²) < 4.78 is 98.7. The first-order valence-corrected chi connectivity index (χ1v) is 15.2. The summed E-state index contributed by atoms with van der Waals surface area (Å²) in [6.45, 7) is -2.16. The Balaban J connectivity index is 1.44. The molecule has 0 bridgehead atoms. The molecule has 1 saturated heterocycles. The Morgan fingerprint density at radius 3 is 2.32 bits per heavy atom. The van der Waals surface area contributed by atoms with Gasteiger partial charge < -0.3 is 24.8 Å². The standard InChI is InChI=1S/C29H30F5N3O6S/c1-2-44(40,41)24-10-3-18(4-11-24)25(16-38)36-27(39)19-5-12-26(35-14-19)37-15-23(13-21(37)17-42-28(30)31)43-22-8-6-20(7-9-22)29(32,33)34/h3-12,14,21,23,25,28,38H,2,13,15-17H2,1H3,(H,36,39)/t21-,23-,25-/m0/s1. The van der Waals surface area contributed by atoms with Crippen molar-refractivity contribution < 1.29 is 49.7 Å². The molecule has 238 valence electrons. The van der Waals surface area contributed by atoms with Gasteiger partial charge in [-0.05, 0) is 54.1 Å². The molecule has 0 radical (unpaired) electrons. The van der Waals surface area contributed by atoms with Crippen LogP contribution in [0.2, 0.25) is 0 Å². The first-order valence-electron chi connectivity index (χ1n) is 13.5. The van der Waals surface area contributed by atoms with E-state index in [2.05, 4.69) is 15.0 Å². The maximum Gasteiger partial charge on any atom is 0.416 e. The van der Waals surface area contributed by atoms with Gasteiger partial charge in [0.1, 0.15) is 17.7 Å². The lowest BCUT2D eigenvalue weighted by Crippen LogP contribution is -2.35. The molecule has 0 saturated carbocycles. The minimum Gasteiger partial charge on any atom is -0.489 e. The second kappa shape index (κ2) is 13.9. The zero-order valence-corrected chi connectivity index (χ0v) is 24.2. The molecule has 1 aliphatic rings. The second-order valence-corrected chi connectivity index (χ2v) is 12.3. The first-order chi connectivity index (χ1) is 20.8. The van der Waals surface area contributed by atoms with Crippen molar-refractivity contribution in [1.82, 2.24) is 10.3 Å². The zero-order chi connectivity index (χ0) is 32.1. The van der Waals surface area contributed by atoms with Crippen molar-refractivity contribution in [2.24, 2.45) is 0 Å². The van der Waals surface area contributed by atoms with Gasteiger partial charge in [0.15, 0.2) is 9.84 Å². The number of aliphatic hydroxyl groups is 1. The van der Waals surface area contributed by atoms with Crippen LogP contribution < -0.4 is 15.0 Å². The van der Waals surface area contributed by atoms with Gasteiger partial charge in [0.2, 0.25) is 0 Å². The van der Waals surface area contributed by atoms with Crippen LogP contribution in [0.25, 0.3) is 0 Å². The van der Waals surface area contributed by atoms with Crippen molar-refractivity contribution >= 4 is 21.6 Å². The average molecular weight is 644 g/mol. The predicted octanol–water partition coefficient (Wildman–Crippen LogP) is 4.62. The average Bonchev–Trinajstić information content (AvgIpc) is 3.41. The molecule has 0 spiro atoms. The van der Waals surface area contributed by atoms with Gasteiger partial charge in [-0.1, -0.05) is 19.1 Å². The number of pyridine rings is 1. The number of aromatic nitrogens is 1. The highest BCUT2D eigenvalue weighted by molar-refractivity contribution is 7.91. The second-order valence-electron chi connectivity index (χ2n) is 9.98. The van der Waals surface area contributed by atoms with Crippen molar-refractivity contribution in [2.45, 2.75) is 49.2 Å². The van der Waals surface area contributed by atoms with Crippen molar-refractivity contribution in [3.63, 3.8) is 0 Å². The molecule has 2 aromatic carbocycles. The monoisotopic (exact) mass is 643 g/mol. The predicted molar refractivity (Wildman–Crippen MR) is 149 cm³/mol. The van der Waals surface area contributed by atoms with Crippen LogP contribution >= 0.6 is 0 Å². The minimum absolute atomic E-state index is 0.0697. The summed E-state index contributed by atoms with van der Waals surface area (Å²) in [7, 11) is -3.41. The van der Waals surface area contributed by atoms with E-state index < -0.39 is 58.9 Å². The third kappa shape index (κ3) is 8.21. The highest BCUT2D eigenvalue weighted by Gasteiger charge is 2.36. The van der Waals surface area contributed by atoms with E-state index in [1.54, 1.807) is 4.90 Å². The Labute approximate surface area is 250 Å². The lowest BCUT2D eigenvalue weighted by Gasteiger charge is -2.25. The number of amides is 1. The number of nitrogens with one attached hydrogen (secondary N) is 1. The van der Waals surface area contributed by atoms with E-state index in [1.807, 2.05) is 0 Å². The van der Waals surface area contributed by atoms with E-state index in [1.165, 1.54) is 61.7 Å². The third-order valence-electron chi connectivity index (χ3n) is 7.09. The van der Waals surface area contributed by atoms with Gasteiger partial charge in [-0.3, -0.25) is 4.79 Å². The van der Waals surface area contributed by atoms with Crippen molar-refractivity contribution in [3.05, 3.63) is 83.6 Å². The number of benzene rings is 2. The molecule has 4 rings (SSSR count). The molecule has 3 aromatic rings. The molecule has 3 atom stereocenters. The van der Waals surface area contributed by atoms with Crippen LogP contribution in [-0.4, -0.2) is 68.7 Å². The summed E-state index contributed by atoms with van der Waals surface area (Å²) in [6.07, 6.45) is -3.59. The maximum absolute atomic E-state index is 12.9. The number of ether oxygens (including phenoxy) is 2. The van der Waals surface area contributed by atoms with E-state index in [-0.39, 0.29) is 41.5 Å². The van der Waals surface area contributed by atoms with Crippen LogP contribution in [0, 0.1) is 0 Å². The number of aliphatic hydroxyl groups excluding tert-OH is 1. The van der Waals surface area contributed by atoms with E-state index in [0.29, 0.717) is 11.4 Å². The fourth-order valence-electron chi connectivity index (χ4n) is 4.74. The number of hydrogen-bond donors (Lipinski definition) is 2. The number of carbonyl (C=O) groups excluding carboxylic acids is 1. The smallest absolute Gasteiger partial charge is 0.416 e. The maximum atomic E-state index is 12.9. The molecule has 1 aromatic heterocycles. The number of sulfone groups is 1. The molecule has 0 aliphatic carbocycles. The summed E-state index contributed by atoms with van der Waals surface area (Å²) in [5.41, 5.74) is -0.215. The van der Waals surface area contributed by atoms with Crippen molar-refractivity contribution in [1.29, 1.82) is 0 Å². The molecule has 1 amide bonds. The van der Waals surface area contributed by atoms with Gasteiger partial charge in [-0.25, -0.2) is 13.4 Å². The highest BCUT2D eigenvalue weighted by atomic mass is 32.2. The Hall–Kier alpha value is -3.82. The summed E-state index contributed by atoms with van der Waals surface area (Å²) in [5, 5.41) is 12.5. The van der Waals surface area contributed by atoms with Crippen LogP contribution in [0.4, 0.5) is 27.8 Å². The van der Waals surface area contributed by atoms with Crippen molar-refractivity contribution in [3.8, 4) is 5.75 Å². The summed E-state index contributed by atoms with van der Waals surface area (Å²) >= 11 is 0. The summed E-state index contributed by atoms with van der Waals surface area (Å²) in [6, 6.07) is 11.5. The number of nitrogens with zero attached hydrogens (tertiary/aromatic N) is 2. The molecule has 15 heteroatoms. The van der Waals surface area contributed by atoms with E-state index in [4.69, 9.17) is 4.74 Å². The zero-order valence-electron chi connectivity index (χ0n) is 23.4. The van der Waals surface area contributed by atoms with Gasteiger partial charge in [-0.2, -0.15) is 22.0 Å². The van der Waals surface area contributed by atoms with Crippen LogP contribution in [0.5, 0.6) is 5.75 Å². The highest BCUT2D eigenvalue weighted by Crippen LogP contribution is 2.32. The molecule has 2 heterocycles. The quantitative estimate of drug-likeness (QED) is 0.275. The molecule has 2 N–H and O–H groups in total. The molecule has 44 heavy (non-hydrogen) atoms. The van der Waals surface area contributed by atoms with E-state index >= 15 is 0 Å². The molecular weight excluding hydrogens is 613 g/mol. The molecule has 0 unspecified atom stereocenters. The van der Waals surface area contributed by atoms with Gasteiger partial charge >= 0.3 is 12.8 Å². The van der Waals surface area contributed by atoms with Gasteiger partial charge in [-0.15, -0.1) is 0 Å². The van der Waals surface area contributed by atoms with Gasteiger partial charge in [0.05, 0.1) is 53.6 Å². The molecule has 1 fully saturated rings. The Morgan fingerprint density at radius 1 is 1.09 bits per heavy atom. The number of anilines is 1. The summed E-state index contributed by atoms with van der Waals surface area (Å²) in [4.78, 5) is 19.0. The molecular formula is C29H30F5N3O6S. The largest absolute Gasteiger partial charge is 0.489 e. The Kier molecular flexibility index (Phi) is 10.4. The lowest BCUT2D eigenvalue weighted by atomic mass is 10.1. The SMILES string of the molecule is CCS(=O)(=O)c1ccc([C@H](CO)NC(=O)c2ccc(N3C[C@@H](Oc4ccc(C(F)(F)F)cc4)C[C@H]3COC(F)F)nc2)cc1. The molecule has 9 nitrogen and oxygen atoms in total. The number of hydrogen-bond acceptors (Lipinski definition) is 8. The number of rotatable bonds is 12. The fourth-order valence-corrected chi connectivity index (χ4v) is 5.62. The third-order valence-corrected chi connectivity index (χ3v) is 8.84. The number of carbonyl (C=O) groups is 1. The Bertz CT molecular complexity index is 1500. The fraction of sp³-hybridized carbons (Fsp3) is 0.379. The summed E-state index contributed by atoms with van der Waals surface area (Å²) in [5.74, 6) is -0.136. The Morgan fingerprint density at radius 2 is 1.77 bits per heavy atom. The van der Waals surface area contributed by atoms with Gasteiger partial charge in [0, 0.05) is 12.6 Å². The van der Waals surface area contributed by atoms with Crippen molar-refractivity contribution in [2.75, 3.05) is 30.4 Å². The van der Waals surface area contributed by atoms with Crippen LogP contribution in [0.1, 0.15) is 40.9 Å². The van der Waals surface area contributed by atoms with Crippen LogP contribution in [0.3, 0.4) is 0 Å². The lowest BCUT2D eigenvalue weighted by molar-refractivity contribution is -0.137. The first kappa shape index (κ1) is 33.1. The van der Waals surface area contributed by atoms with E-state index in [9.17, 15) is 40.3 Å².